The van der Waals surface area contributed by atoms with Crippen LogP contribution in [0, 0.1) is 0 Å². The molecule has 0 aliphatic heterocycles. The van der Waals surface area contributed by atoms with Crippen molar-refractivity contribution in [2.75, 3.05) is 34.3 Å². The quantitative estimate of drug-likeness (QED) is 0.357. The Kier molecular flexibility index (Phi) is 9.53. The SMILES string of the molecule is CCCCCC=CCOC(CC(=O)O)C[N+](C)(C)C. The summed E-state index contributed by atoms with van der Waals surface area (Å²) in [5.74, 6) is -0.801. The van der Waals surface area contributed by atoms with Crippen LogP contribution in [-0.4, -0.2) is 56.0 Å². The predicted molar refractivity (Wildman–Crippen MR) is 78.2 cm³/mol. The Morgan fingerprint density at radius 1 is 1.26 bits per heavy atom. The summed E-state index contributed by atoms with van der Waals surface area (Å²) in [6.45, 7) is 3.40. The van der Waals surface area contributed by atoms with Crippen LogP contribution in [0.15, 0.2) is 12.2 Å². The van der Waals surface area contributed by atoms with E-state index in [1.807, 2.05) is 27.2 Å². The Morgan fingerprint density at radius 2 is 1.95 bits per heavy atom. The van der Waals surface area contributed by atoms with Crippen LogP contribution in [0.3, 0.4) is 0 Å². The Balaban J connectivity index is 3.95. The molecule has 0 spiro atoms. The van der Waals surface area contributed by atoms with Crippen LogP contribution >= 0.6 is 0 Å². The monoisotopic (exact) mass is 272 g/mol. The van der Waals surface area contributed by atoms with Gasteiger partial charge in [0, 0.05) is 0 Å². The molecule has 0 aromatic rings. The first-order chi connectivity index (χ1) is 8.85. The van der Waals surface area contributed by atoms with E-state index in [0.29, 0.717) is 17.6 Å². The molecular formula is C15H30NO3+. The van der Waals surface area contributed by atoms with Crippen LogP contribution in [0.5, 0.6) is 0 Å². The molecule has 1 N–H and O–H groups in total. The molecule has 4 nitrogen and oxygen atoms in total. The molecule has 0 rings (SSSR count). The topological polar surface area (TPSA) is 46.5 Å². The van der Waals surface area contributed by atoms with Crippen LogP contribution in [0.1, 0.15) is 39.0 Å². The van der Waals surface area contributed by atoms with Gasteiger partial charge in [-0.25, -0.2) is 0 Å². The van der Waals surface area contributed by atoms with Gasteiger partial charge in [-0.15, -0.1) is 0 Å². The molecule has 0 aromatic heterocycles. The number of allylic oxidation sites excluding steroid dienone is 1. The number of unbranched alkanes of at least 4 members (excludes halogenated alkanes) is 3. The number of hydrogen-bond acceptors (Lipinski definition) is 2. The minimum atomic E-state index is -0.801. The molecule has 4 heteroatoms. The Morgan fingerprint density at radius 3 is 2.47 bits per heavy atom. The maximum atomic E-state index is 10.8. The summed E-state index contributed by atoms with van der Waals surface area (Å²) in [6.07, 6.45) is 8.75. The van der Waals surface area contributed by atoms with E-state index in [1.165, 1.54) is 19.3 Å². The number of hydrogen-bond donors (Lipinski definition) is 1. The zero-order valence-electron chi connectivity index (χ0n) is 12.9. The number of quaternary nitrogens is 1. The number of carboxylic acid groups (broad SMARTS) is 1. The number of carbonyl (C=O) groups is 1. The molecule has 0 heterocycles. The van der Waals surface area contributed by atoms with E-state index >= 15 is 0 Å². The van der Waals surface area contributed by atoms with Gasteiger partial charge in [0.1, 0.15) is 12.6 Å². The van der Waals surface area contributed by atoms with Gasteiger partial charge in [-0.3, -0.25) is 4.79 Å². The molecule has 1 unspecified atom stereocenters. The molecule has 0 saturated carbocycles. The first-order valence-corrected chi connectivity index (χ1v) is 7.14. The fourth-order valence-electron chi connectivity index (χ4n) is 1.87. The van der Waals surface area contributed by atoms with Gasteiger partial charge < -0.3 is 14.3 Å². The smallest absolute Gasteiger partial charge is 0.306 e. The Hall–Kier alpha value is -0.870. The summed E-state index contributed by atoms with van der Waals surface area (Å²) in [5.41, 5.74) is 0. The van der Waals surface area contributed by atoms with Crippen molar-refractivity contribution in [3.05, 3.63) is 12.2 Å². The molecular weight excluding hydrogens is 242 g/mol. The van der Waals surface area contributed by atoms with Crippen molar-refractivity contribution >= 4 is 5.97 Å². The van der Waals surface area contributed by atoms with E-state index in [2.05, 4.69) is 13.0 Å². The fourth-order valence-corrected chi connectivity index (χ4v) is 1.87. The lowest BCUT2D eigenvalue weighted by Crippen LogP contribution is -2.43. The van der Waals surface area contributed by atoms with Crippen molar-refractivity contribution in [2.24, 2.45) is 0 Å². The second kappa shape index (κ2) is 9.98. The molecule has 19 heavy (non-hydrogen) atoms. The first-order valence-electron chi connectivity index (χ1n) is 7.14. The molecule has 0 fully saturated rings. The van der Waals surface area contributed by atoms with Crippen molar-refractivity contribution in [1.82, 2.24) is 0 Å². The van der Waals surface area contributed by atoms with E-state index in [4.69, 9.17) is 9.84 Å². The Bertz CT molecular complexity index is 269. The third-order valence-electron chi connectivity index (χ3n) is 2.72. The maximum absolute atomic E-state index is 10.8. The lowest BCUT2D eigenvalue weighted by molar-refractivity contribution is -0.873. The van der Waals surface area contributed by atoms with Crippen LogP contribution in [0.25, 0.3) is 0 Å². The Labute approximate surface area is 117 Å². The van der Waals surface area contributed by atoms with Gasteiger partial charge in [0.05, 0.1) is 34.2 Å². The molecule has 0 amide bonds. The maximum Gasteiger partial charge on any atom is 0.306 e. The van der Waals surface area contributed by atoms with E-state index in [0.717, 1.165) is 6.42 Å². The van der Waals surface area contributed by atoms with Gasteiger partial charge in [0.25, 0.3) is 0 Å². The van der Waals surface area contributed by atoms with Gasteiger partial charge in [0.15, 0.2) is 0 Å². The van der Waals surface area contributed by atoms with Crippen molar-refractivity contribution < 1.29 is 19.1 Å². The van der Waals surface area contributed by atoms with Crippen molar-refractivity contribution in [1.29, 1.82) is 0 Å². The molecule has 112 valence electrons. The van der Waals surface area contributed by atoms with E-state index in [9.17, 15) is 4.79 Å². The number of ether oxygens (including phenoxy) is 1. The summed E-state index contributed by atoms with van der Waals surface area (Å²) in [5, 5.41) is 8.88. The molecule has 0 aliphatic rings. The molecule has 0 saturated heterocycles. The van der Waals surface area contributed by atoms with Crippen LogP contribution in [0.4, 0.5) is 0 Å². The lowest BCUT2D eigenvalue weighted by Gasteiger charge is -2.28. The van der Waals surface area contributed by atoms with Crippen molar-refractivity contribution in [3.8, 4) is 0 Å². The average Bonchev–Trinajstić information content (AvgIpc) is 2.24. The van der Waals surface area contributed by atoms with Gasteiger partial charge in [-0.1, -0.05) is 31.9 Å². The standard InChI is InChI=1S/C15H29NO3/c1-5-6-7-8-9-10-11-19-14(12-15(17)18)13-16(2,3)4/h9-10,14H,5-8,11-13H2,1-4H3/p+1. The van der Waals surface area contributed by atoms with Gasteiger partial charge >= 0.3 is 5.97 Å². The highest BCUT2D eigenvalue weighted by Gasteiger charge is 2.21. The second-order valence-electron chi connectivity index (χ2n) is 5.99. The number of rotatable bonds is 11. The zero-order valence-corrected chi connectivity index (χ0v) is 12.9. The predicted octanol–water partition coefficient (Wildman–Crippen LogP) is 2.69. The lowest BCUT2D eigenvalue weighted by atomic mass is 10.2. The number of aliphatic carboxylic acids is 1. The highest BCUT2D eigenvalue weighted by molar-refractivity contribution is 5.67. The minimum absolute atomic E-state index is 0.0686. The molecule has 0 aromatic carbocycles. The van der Waals surface area contributed by atoms with Gasteiger partial charge in [0.2, 0.25) is 0 Å². The third kappa shape index (κ3) is 13.4. The highest BCUT2D eigenvalue weighted by atomic mass is 16.5. The number of carboxylic acids is 1. The minimum Gasteiger partial charge on any atom is -0.481 e. The van der Waals surface area contributed by atoms with E-state index in [-0.39, 0.29) is 12.5 Å². The molecule has 0 bridgehead atoms. The molecule has 0 aliphatic carbocycles. The fraction of sp³-hybridized carbons (Fsp3) is 0.800. The van der Waals surface area contributed by atoms with Gasteiger partial charge in [-0.05, 0) is 12.8 Å². The normalized spacial score (nSPS) is 13.9. The number of likely N-dealkylation sites (N-methyl/N-ethyl adjacent to an activating group) is 1. The van der Waals surface area contributed by atoms with Crippen LogP contribution < -0.4 is 0 Å². The molecule has 0 radical (unpaired) electrons. The summed E-state index contributed by atoms with van der Waals surface area (Å²) < 4.78 is 6.36. The summed E-state index contributed by atoms with van der Waals surface area (Å²) >= 11 is 0. The van der Waals surface area contributed by atoms with Crippen LogP contribution in [0.2, 0.25) is 0 Å². The van der Waals surface area contributed by atoms with E-state index in [1.54, 1.807) is 0 Å². The zero-order chi connectivity index (χ0) is 14.7. The van der Waals surface area contributed by atoms with Crippen molar-refractivity contribution in [3.63, 3.8) is 0 Å². The molecule has 1 atom stereocenters. The van der Waals surface area contributed by atoms with E-state index < -0.39 is 5.97 Å². The third-order valence-corrected chi connectivity index (χ3v) is 2.72. The summed E-state index contributed by atoms with van der Waals surface area (Å²) in [7, 11) is 6.12. The first kappa shape index (κ1) is 18.1. The summed E-state index contributed by atoms with van der Waals surface area (Å²) in [6, 6.07) is 0. The highest BCUT2D eigenvalue weighted by Crippen LogP contribution is 2.05. The number of nitrogens with zero attached hydrogens (tertiary/aromatic N) is 1. The largest absolute Gasteiger partial charge is 0.481 e. The average molecular weight is 272 g/mol. The van der Waals surface area contributed by atoms with Gasteiger partial charge in [-0.2, -0.15) is 0 Å². The van der Waals surface area contributed by atoms with Crippen molar-refractivity contribution in [2.45, 2.75) is 45.1 Å². The second-order valence-corrected chi connectivity index (χ2v) is 5.99. The summed E-state index contributed by atoms with van der Waals surface area (Å²) in [4.78, 5) is 10.8. The van der Waals surface area contributed by atoms with Crippen LogP contribution in [-0.2, 0) is 9.53 Å².